The number of hydrogen-bond donors (Lipinski definition) is 1. The minimum atomic E-state index is 0.207. The Bertz CT molecular complexity index is 768. The smallest absolute Gasteiger partial charge is 0.119 e. The van der Waals surface area contributed by atoms with E-state index in [9.17, 15) is 0 Å². The summed E-state index contributed by atoms with van der Waals surface area (Å²) >= 11 is 5.25. The normalized spacial score (nSPS) is 12.5. The second kappa shape index (κ2) is 6.18. The third kappa shape index (κ3) is 2.98. The van der Waals surface area contributed by atoms with Gasteiger partial charge in [-0.2, -0.15) is 0 Å². The van der Waals surface area contributed by atoms with Gasteiger partial charge in [0.2, 0.25) is 0 Å². The Balaban J connectivity index is 2.03. The lowest BCUT2D eigenvalue weighted by molar-refractivity contribution is 0.415. The van der Waals surface area contributed by atoms with Crippen LogP contribution in [0, 0.1) is 0 Å². The number of thiophene rings is 1. The largest absolute Gasteiger partial charge is 0.497 e. The third-order valence-corrected chi connectivity index (χ3v) is 5.14. The lowest BCUT2D eigenvalue weighted by Gasteiger charge is -2.16. The lowest BCUT2D eigenvalue weighted by atomic mass is 9.98. The van der Waals surface area contributed by atoms with Gasteiger partial charge in [0.15, 0.2) is 0 Å². The highest BCUT2D eigenvalue weighted by atomic mass is 79.9. The molecule has 0 aliphatic heterocycles. The average molecular weight is 362 g/mol. The van der Waals surface area contributed by atoms with E-state index in [1.54, 1.807) is 18.4 Å². The zero-order chi connectivity index (χ0) is 14.8. The predicted octanol–water partition coefficient (Wildman–Crippen LogP) is 4.98. The minimum Gasteiger partial charge on any atom is -0.497 e. The van der Waals surface area contributed by atoms with E-state index in [-0.39, 0.29) is 6.04 Å². The van der Waals surface area contributed by atoms with Gasteiger partial charge in [-0.15, -0.1) is 11.3 Å². The van der Waals surface area contributed by atoms with Crippen molar-refractivity contribution >= 4 is 38.0 Å². The molecule has 2 aromatic carbocycles. The fourth-order valence-electron chi connectivity index (χ4n) is 2.55. The number of hydrogen-bond acceptors (Lipinski definition) is 3. The van der Waals surface area contributed by atoms with Crippen LogP contribution in [-0.4, -0.2) is 14.2 Å². The molecule has 1 unspecified atom stereocenters. The zero-order valence-electron chi connectivity index (χ0n) is 11.9. The van der Waals surface area contributed by atoms with Crippen LogP contribution in [0.3, 0.4) is 0 Å². The maximum absolute atomic E-state index is 5.28. The number of benzene rings is 2. The molecule has 3 rings (SSSR count). The Morgan fingerprint density at radius 2 is 1.81 bits per heavy atom. The van der Waals surface area contributed by atoms with Gasteiger partial charge in [-0.25, -0.2) is 0 Å². The molecule has 21 heavy (non-hydrogen) atoms. The molecule has 2 nitrogen and oxygen atoms in total. The Hall–Kier alpha value is -1.36. The maximum Gasteiger partial charge on any atom is 0.119 e. The van der Waals surface area contributed by atoms with E-state index in [0.717, 1.165) is 9.54 Å². The molecular formula is C17H16BrNOS. The first-order valence-electron chi connectivity index (χ1n) is 6.70. The molecule has 1 aromatic heterocycles. The van der Waals surface area contributed by atoms with Crippen LogP contribution in [0.5, 0.6) is 5.75 Å². The van der Waals surface area contributed by atoms with Crippen LogP contribution in [0.25, 0.3) is 10.8 Å². The molecule has 0 fully saturated rings. The Morgan fingerprint density at radius 3 is 2.48 bits per heavy atom. The molecule has 0 aliphatic carbocycles. The van der Waals surface area contributed by atoms with Crippen molar-refractivity contribution in [2.75, 3.05) is 14.2 Å². The highest BCUT2D eigenvalue weighted by molar-refractivity contribution is 9.11. The maximum atomic E-state index is 5.28. The van der Waals surface area contributed by atoms with Crippen LogP contribution >= 0.6 is 27.3 Å². The van der Waals surface area contributed by atoms with E-state index in [1.807, 2.05) is 13.1 Å². The SMILES string of the molecule is CNC(c1csc(Br)c1)c1ccc2cc(OC)ccc2c1. The summed E-state index contributed by atoms with van der Waals surface area (Å²) in [5.41, 5.74) is 2.54. The molecular weight excluding hydrogens is 346 g/mol. The number of ether oxygens (including phenoxy) is 1. The minimum absolute atomic E-state index is 0.207. The second-order valence-electron chi connectivity index (χ2n) is 4.88. The zero-order valence-corrected chi connectivity index (χ0v) is 14.3. The number of fused-ring (bicyclic) bond motifs is 1. The summed E-state index contributed by atoms with van der Waals surface area (Å²) in [6, 6.07) is 15.1. The molecule has 1 N–H and O–H groups in total. The van der Waals surface area contributed by atoms with Gasteiger partial charge in [0.25, 0.3) is 0 Å². The highest BCUT2D eigenvalue weighted by Gasteiger charge is 2.14. The molecule has 3 aromatic rings. The van der Waals surface area contributed by atoms with Crippen LogP contribution in [0.2, 0.25) is 0 Å². The molecule has 0 saturated heterocycles. The van der Waals surface area contributed by atoms with Gasteiger partial charge in [-0.3, -0.25) is 0 Å². The van der Waals surface area contributed by atoms with Crippen LogP contribution < -0.4 is 10.1 Å². The summed E-state index contributed by atoms with van der Waals surface area (Å²) in [4.78, 5) is 0. The molecule has 1 heterocycles. The molecule has 0 spiro atoms. The number of nitrogens with one attached hydrogen (secondary N) is 1. The third-order valence-electron chi connectivity index (χ3n) is 3.61. The summed E-state index contributed by atoms with van der Waals surface area (Å²) in [7, 11) is 3.69. The lowest BCUT2D eigenvalue weighted by Crippen LogP contribution is -2.16. The summed E-state index contributed by atoms with van der Waals surface area (Å²) in [5, 5.41) is 8.00. The van der Waals surface area contributed by atoms with Crippen molar-refractivity contribution in [2.24, 2.45) is 0 Å². The molecule has 1 atom stereocenters. The number of methoxy groups -OCH3 is 1. The van der Waals surface area contributed by atoms with Crippen LogP contribution in [-0.2, 0) is 0 Å². The van der Waals surface area contributed by atoms with Crippen molar-refractivity contribution in [1.29, 1.82) is 0 Å². The van der Waals surface area contributed by atoms with Gasteiger partial charge in [-0.05, 0) is 74.5 Å². The van der Waals surface area contributed by atoms with Gasteiger partial charge in [0, 0.05) is 0 Å². The first-order chi connectivity index (χ1) is 10.2. The summed E-state index contributed by atoms with van der Waals surface area (Å²) < 4.78 is 6.43. The van der Waals surface area contributed by atoms with E-state index in [4.69, 9.17) is 4.74 Å². The van der Waals surface area contributed by atoms with Gasteiger partial charge >= 0.3 is 0 Å². The monoisotopic (exact) mass is 361 g/mol. The van der Waals surface area contributed by atoms with Crippen LogP contribution in [0.1, 0.15) is 17.2 Å². The molecule has 0 radical (unpaired) electrons. The molecule has 0 saturated carbocycles. The predicted molar refractivity (Wildman–Crippen MR) is 93.4 cm³/mol. The first kappa shape index (κ1) is 14.6. The van der Waals surface area contributed by atoms with Crippen LogP contribution in [0.4, 0.5) is 0 Å². The van der Waals surface area contributed by atoms with E-state index >= 15 is 0 Å². The van der Waals surface area contributed by atoms with Crippen molar-refractivity contribution in [3.05, 3.63) is 62.8 Å². The Labute approximate surface area is 136 Å². The summed E-state index contributed by atoms with van der Waals surface area (Å²) in [6.07, 6.45) is 0. The quantitative estimate of drug-likeness (QED) is 0.707. The molecule has 0 aliphatic rings. The van der Waals surface area contributed by atoms with Crippen molar-refractivity contribution < 1.29 is 4.74 Å². The van der Waals surface area contributed by atoms with Crippen molar-refractivity contribution in [3.63, 3.8) is 0 Å². The molecule has 0 amide bonds. The Morgan fingerprint density at radius 1 is 1.05 bits per heavy atom. The summed E-state index contributed by atoms with van der Waals surface area (Å²) in [5.74, 6) is 0.891. The van der Waals surface area contributed by atoms with E-state index < -0.39 is 0 Å². The van der Waals surface area contributed by atoms with E-state index in [1.165, 1.54) is 21.9 Å². The highest BCUT2D eigenvalue weighted by Crippen LogP contribution is 2.31. The topological polar surface area (TPSA) is 21.3 Å². The number of rotatable bonds is 4. The van der Waals surface area contributed by atoms with Crippen molar-refractivity contribution in [2.45, 2.75) is 6.04 Å². The van der Waals surface area contributed by atoms with Crippen molar-refractivity contribution in [1.82, 2.24) is 5.32 Å². The Kier molecular flexibility index (Phi) is 4.29. The molecule has 4 heteroatoms. The average Bonchev–Trinajstić information content (AvgIpc) is 2.93. The molecule has 0 bridgehead atoms. The van der Waals surface area contributed by atoms with E-state index in [2.05, 4.69) is 63.0 Å². The standard InChI is InChI=1S/C17H16BrNOS/c1-19-17(14-9-16(18)21-10-14)13-4-3-12-8-15(20-2)6-5-11(12)7-13/h3-10,17,19H,1-2H3. The van der Waals surface area contributed by atoms with Gasteiger partial charge in [-0.1, -0.05) is 18.2 Å². The molecule has 108 valence electrons. The van der Waals surface area contributed by atoms with Crippen molar-refractivity contribution in [3.8, 4) is 5.75 Å². The van der Waals surface area contributed by atoms with E-state index in [0.29, 0.717) is 0 Å². The second-order valence-corrected chi connectivity index (χ2v) is 7.17. The first-order valence-corrected chi connectivity index (χ1v) is 8.37. The van der Waals surface area contributed by atoms with Gasteiger partial charge in [0.1, 0.15) is 5.75 Å². The fourth-order valence-corrected chi connectivity index (χ4v) is 3.75. The van der Waals surface area contributed by atoms with Gasteiger partial charge < -0.3 is 10.1 Å². The fraction of sp³-hybridized carbons (Fsp3) is 0.176. The van der Waals surface area contributed by atoms with Crippen LogP contribution in [0.15, 0.2) is 51.6 Å². The summed E-state index contributed by atoms with van der Waals surface area (Å²) in [6.45, 7) is 0. The number of halogens is 1. The van der Waals surface area contributed by atoms with Gasteiger partial charge in [0.05, 0.1) is 16.9 Å².